The van der Waals surface area contributed by atoms with Gasteiger partial charge in [-0.1, -0.05) is 41.1 Å². The first kappa shape index (κ1) is 23.5. The van der Waals surface area contributed by atoms with Crippen LogP contribution in [0.2, 0.25) is 5.02 Å². The zero-order valence-electron chi connectivity index (χ0n) is 19.2. The number of para-hydroxylation sites is 1. The van der Waals surface area contributed by atoms with Crippen molar-refractivity contribution < 1.29 is 19.0 Å². The number of thiazole rings is 1. The third-order valence-corrected chi connectivity index (χ3v) is 6.86. The lowest BCUT2D eigenvalue weighted by atomic mass is 10.1. The van der Waals surface area contributed by atoms with Gasteiger partial charge in [0.05, 0.1) is 30.9 Å². The summed E-state index contributed by atoms with van der Waals surface area (Å²) in [5.74, 6) is 0.124. The van der Waals surface area contributed by atoms with Crippen LogP contribution in [0.3, 0.4) is 0 Å². The van der Waals surface area contributed by atoms with Gasteiger partial charge in [-0.2, -0.15) is 0 Å². The second-order valence-electron chi connectivity index (χ2n) is 7.75. The molecule has 10 heteroatoms. The summed E-state index contributed by atoms with van der Waals surface area (Å²) in [6.45, 7) is 4.94. The zero-order chi connectivity index (χ0) is 24.4. The maximum Gasteiger partial charge on any atom is 0.350 e. The van der Waals surface area contributed by atoms with Crippen LogP contribution in [0.5, 0.6) is 0 Å². The predicted octanol–water partition coefficient (Wildman–Crippen LogP) is 5.20. The van der Waals surface area contributed by atoms with E-state index in [4.69, 9.17) is 30.8 Å². The molecule has 0 aliphatic carbocycles. The lowest BCUT2D eigenvalue weighted by Crippen LogP contribution is -2.17. The molecule has 3 heterocycles. The number of hydrogen-bond donors (Lipinski definition) is 1. The van der Waals surface area contributed by atoms with Crippen molar-refractivity contribution in [3.63, 3.8) is 0 Å². The van der Waals surface area contributed by atoms with E-state index in [1.54, 1.807) is 19.1 Å². The Morgan fingerprint density at radius 3 is 2.71 bits per heavy atom. The summed E-state index contributed by atoms with van der Waals surface area (Å²) in [5.41, 5.74) is 6.19. The van der Waals surface area contributed by atoms with Gasteiger partial charge in [0.25, 0.3) is 0 Å². The van der Waals surface area contributed by atoms with Crippen molar-refractivity contribution in [3.05, 3.63) is 80.6 Å². The normalized spacial score (nSPS) is 14.5. The summed E-state index contributed by atoms with van der Waals surface area (Å²) >= 11 is 7.33. The summed E-state index contributed by atoms with van der Waals surface area (Å²) in [6.07, 6.45) is -0.534. The number of esters is 1. The molecule has 0 saturated carbocycles. The molecule has 180 valence electrons. The third-order valence-electron chi connectivity index (χ3n) is 5.48. The molecule has 8 nitrogen and oxygen atoms in total. The average molecular weight is 511 g/mol. The minimum Gasteiger partial charge on any atom is -0.462 e. The van der Waals surface area contributed by atoms with Crippen molar-refractivity contribution in [2.75, 3.05) is 25.2 Å². The lowest BCUT2D eigenvalue weighted by molar-refractivity contribution is -0.0436. The van der Waals surface area contributed by atoms with E-state index in [1.165, 1.54) is 11.3 Å². The molecule has 0 unspecified atom stereocenters. The number of benzene rings is 2. The summed E-state index contributed by atoms with van der Waals surface area (Å²) in [5, 5.41) is 6.24. The number of aromatic nitrogens is 2. The van der Waals surface area contributed by atoms with Gasteiger partial charge in [-0.3, -0.25) is 9.99 Å². The highest BCUT2D eigenvalue weighted by Gasteiger charge is 2.24. The Kier molecular flexibility index (Phi) is 6.83. The lowest BCUT2D eigenvalue weighted by Gasteiger charge is -2.14. The van der Waals surface area contributed by atoms with Gasteiger partial charge in [0, 0.05) is 21.8 Å². The van der Waals surface area contributed by atoms with E-state index in [1.807, 2.05) is 54.0 Å². The Morgan fingerprint density at radius 2 is 1.97 bits per heavy atom. The first-order valence-electron chi connectivity index (χ1n) is 11.1. The monoisotopic (exact) mass is 510 g/mol. The number of pyridine rings is 1. The van der Waals surface area contributed by atoms with E-state index in [2.05, 4.69) is 10.5 Å². The molecule has 0 bridgehead atoms. The van der Waals surface area contributed by atoms with Crippen molar-refractivity contribution in [1.29, 1.82) is 0 Å². The fourth-order valence-corrected chi connectivity index (χ4v) is 4.96. The minimum absolute atomic E-state index is 0.285. The van der Waals surface area contributed by atoms with Crippen molar-refractivity contribution >= 4 is 45.6 Å². The minimum atomic E-state index is -0.534. The number of rotatable bonds is 6. The molecule has 1 N–H and O–H groups in total. The molecule has 1 fully saturated rings. The summed E-state index contributed by atoms with van der Waals surface area (Å²) in [6, 6.07) is 17.1. The molecular weight excluding hydrogens is 488 g/mol. The first-order valence-corrected chi connectivity index (χ1v) is 12.3. The maximum atomic E-state index is 12.6. The highest BCUT2D eigenvalue weighted by atomic mass is 35.5. The molecule has 0 amide bonds. The fraction of sp³-hybridized carbons (Fsp3) is 0.240. The average Bonchev–Trinajstić information content (AvgIpc) is 3.51. The number of ether oxygens (including phenoxy) is 3. The van der Waals surface area contributed by atoms with Gasteiger partial charge < -0.3 is 14.2 Å². The number of nitrogens with zero attached hydrogens (tertiary/aromatic N) is 3. The van der Waals surface area contributed by atoms with E-state index in [0.717, 1.165) is 22.2 Å². The van der Waals surface area contributed by atoms with E-state index < -0.39 is 12.3 Å². The number of carbonyl (C=O) groups is 1. The zero-order valence-corrected chi connectivity index (χ0v) is 20.7. The Labute approximate surface area is 210 Å². The molecular formula is C25H23ClN4O4S. The highest BCUT2D eigenvalue weighted by molar-refractivity contribution is 7.11. The molecule has 1 saturated heterocycles. The number of anilines is 1. The van der Waals surface area contributed by atoms with Gasteiger partial charge in [0.2, 0.25) is 4.80 Å². The number of carbonyl (C=O) groups excluding carboxylic acids is 1. The Bertz CT molecular complexity index is 1440. The van der Waals surface area contributed by atoms with Crippen LogP contribution in [-0.4, -0.2) is 35.3 Å². The number of hydrogen-bond acceptors (Lipinski definition) is 8. The molecule has 1 aliphatic heterocycles. The van der Waals surface area contributed by atoms with Crippen molar-refractivity contribution in [2.45, 2.75) is 20.1 Å². The molecule has 0 atom stereocenters. The van der Waals surface area contributed by atoms with Crippen LogP contribution in [0, 0.1) is 6.92 Å². The molecule has 35 heavy (non-hydrogen) atoms. The second-order valence-corrected chi connectivity index (χ2v) is 9.16. The summed E-state index contributed by atoms with van der Waals surface area (Å²) in [4.78, 5) is 18.4. The second kappa shape index (κ2) is 10.2. The first-order chi connectivity index (χ1) is 17.0. The van der Waals surface area contributed by atoms with Crippen LogP contribution < -0.4 is 10.2 Å². The van der Waals surface area contributed by atoms with E-state index >= 15 is 0 Å². The van der Waals surface area contributed by atoms with Gasteiger partial charge in [-0.05, 0) is 50.2 Å². The van der Waals surface area contributed by atoms with Crippen LogP contribution in [-0.2, 0) is 14.2 Å². The SMILES string of the molecule is CCOC(=O)c1s/c(=N\Nc2nc3ccccc3cc2C2OCCO2)n(-c2ccc(Cl)cc2)c1C. The molecule has 2 aromatic carbocycles. The van der Waals surface area contributed by atoms with Crippen molar-refractivity contribution in [3.8, 4) is 5.69 Å². The molecule has 0 spiro atoms. The van der Waals surface area contributed by atoms with Crippen LogP contribution >= 0.6 is 22.9 Å². The van der Waals surface area contributed by atoms with Crippen LogP contribution in [0.15, 0.2) is 59.7 Å². The summed E-state index contributed by atoms with van der Waals surface area (Å²) < 4.78 is 18.6. The van der Waals surface area contributed by atoms with Gasteiger partial charge in [-0.15, -0.1) is 5.10 Å². The van der Waals surface area contributed by atoms with E-state index in [-0.39, 0.29) is 6.61 Å². The molecule has 0 radical (unpaired) electrons. The third kappa shape index (κ3) is 4.81. The highest BCUT2D eigenvalue weighted by Crippen LogP contribution is 2.31. The number of nitrogens with one attached hydrogen (secondary N) is 1. The van der Waals surface area contributed by atoms with E-state index in [0.29, 0.717) is 39.4 Å². The Hall–Kier alpha value is -3.24. The fourth-order valence-electron chi connectivity index (χ4n) is 3.85. The van der Waals surface area contributed by atoms with Crippen LogP contribution in [0.1, 0.15) is 34.1 Å². The standard InChI is InChI=1S/C25H23ClN4O4S/c1-3-32-23(31)21-15(2)30(18-10-8-17(26)9-11-18)25(35-21)29-28-22-19(24-33-12-13-34-24)14-16-6-4-5-7-20(16)27-22/h4-11,14,24H,3,12-13H2,1-2H3,(H,27,28)/b29-25-. The Balaban J connectivity index is 1.62. The maximum absolute atomic E-state index is 12.6. The predicted molar refractivity (Wildman–Crippen MR) is 135 cm³/mol. The van der Waals surface area contributed by atoms with Crippen LogP contribution in [0.4, 0.5) is 5.82 Å². The molecule has 4 aromatic rings. The van der Waals surface area contributed by atoms with E-state index in [9.17, 15) is 4.79 Å². The van der Waals surface area contributed by atoms with Gasteiger partial charge in [-0.25, -0.2) is 9.78 Å². The van der Waals surface area contributed by atoms with Gasteiger partial charge in [0.15, 0.2) is 12.1 Å². The number of halogens is 1. The topological polar surface area (TPSA) is 87.0 Å². The smallest absolute Gasteiger partial charge is 0.350 e. The van der Waals surface area contributed by atoms with Crippen LogP contribution in [0.25, 0.3) is 16.6 Å². The Morgan fingerprint density at radius 1 is 1.23 bits per heavy atom. The van der Waals surface area contributed by atoms with Gasteiger partial charge in [0.1, 0.15) is 4.88 Å². The molecule has 2 aromatic heterocycles. The van der Waals surface area contributed by atoms with Gasteiger partial charge >= 0.3 is 5.97 Å². The number of fused-ring (bicyclic) bond motifs is 1. The molecule has 5 rings (SSSR count). The molecule has 1 aliphatic rings. The van der Waals surface area contributed by atoms with Crippen molar-refractivity contribution in [1.82, 2.24) is 9.55 Å². The van der Waals surface area contributed by atoms with Crippen molar-refractivity contribution in [2.24, 2.45) is 5.10 Å². The summed E-state index contributed by atoms with van der Waals surface area (Å²) in [7, 11) is 0. The largest absolute Gasteiger partial charge is 0.462 e. The quantitative estimate of drug-likeness (QED) is 0.283.